The second-order valence-electron chi connectivity index (χ2n) is 1.77. The Balaban J connectivity index is 3.09. The smallest absolute Gasteiger partial charge is 0.134 e. The fraction of sp³-hybridized carbons (Fsp3) is 0.500. The first-order valence-corrected chi connectivity index (χ1v) is 3.93. The number of anilines is 1. The van der Waals surface area contributed by atoms with Gasteiger partial charge in [0.1, 0.15) is 5.82 Å². The summed E-state index contributed by atoms with van der Waals surface area (Å²) in [7, 11) is 1.84. The van der Waals surface area contributed by atoms with E-state index in [1.165, 1.54) is 15.8 Å². The molecule has 0 bridgehead atoms. The van der Waals surface area contributed by atoms with Crippen molar-refractivity contribution in [3.63, 3.8) is 0 Å². The number of halogens is 1. The largest absolute Gasteiger partial charge is 0.373 e. The molecule has 1 rings (SSSR count). The number of aryl methyl sites for hydroxylation is 1. The Labute approximate surface area is 67.7 Å². The van der Waals surface area contributed by atoms with Crippen LogP contribution in [-0.2, 0) is 0 Å². The predicted molar refractivity (Wildman–Crippen MR) is 44.2 cm³/mol. The molecule has 1 aromatic rings. The first-order chi connectivity index (χ1) is 4.74. The fourth-order valence-electron chi connectivity index (χ4n) is 0.591. The molecule has 0 saturated carbocycles. The van der Waals surface area contributed by atoms with Crippen LogP contribution < -0.4 is 5.32 Å². The van der Waals surface area contributed by atoms with Crippen LogP contribution in [0.4, 0.5) is 5.82 Å². The number of nitrogens with one attached hydrogen (secondary N) is 3. The summed E-state index contributed by atoms with van der Waals surface area (Å²) in [4.78, 5) is 1.12. The minimum Gasteiger partial charge on any atom is -0.373 e. The van der Waals surface area contributed by atoms with Crippen molar-refractivity contribution < 1.29 is 0 Å². The van der Waals surface area contributed by atoms with Crippen molar-refractivity contribution >= 4 is 29.1 Å². The lowest BCUT2D eigenvalue weighted by molar-refractivity contribution is 0.834. The van der Waals surface area contributed by atoms with Crippen molar-refractivity contribution in [2.75, 3.05) is 12.4 Å². The van der Waals surface area contributed by atoms with Crippen LogP contribution in [-0.4, -0.2) is 21.0 Å². The highest BCUT2D eigenvalue weighted by molar-refractivity contribution is 7.05. The van der Waals surface area contributed by atoms with Crippen molar-refractivity contribution in [3.05, 3.63) is 4.88 Å². The topological polar surface area (TPSA) is 48.5 Å². The zero-order chi connectivity index (χ0) is 7.56. The first kappa shape index (κ1) is 7.56. The Morgan fingerprint density at radius 1 is 1.70 bits per heavy atom. The third-order valence-electron chi connectivity index (χ3n) is 1.09. The van der Waals surface area contributed by atoms with Crippen LogP contribution in [0.15, 0.2) is 0 Å². The van der Waals surface area contributed by atoms with E-state index in [0.29, 0.717) is 0 Å². The minimum absolute atomic E-state index is 0.916. The van der Waals surface area contributed by atoms with Gasteiger partial charge in [-0.2, -0.15) is 0 Å². The molecule has 0 radical (unpaired) electrons. The maximum atomic E-state index is 5.57. The summed E-state index contributed by atoms with van der Waals surface area (Å²) in [5, 5.41) is 5.82. The molecule has 0 saturated heterocycles. The average molecular weight is 181 g/mol. The van der Waals surface area contributed by atoms with Gasteiger partial charge in [-0.1, -0.05) is 0 Å². The maximum absolute atomic E-state index is 5.57. The summed E-state index contributed by atoms with van der Waals surface area (Å²) in [6.45, 7) is 1.99. The van der Waals surface area contributed by atoms with E-state index < -0.39 is 0 Å². The number of hydrogen-bond donors (Lipinski definition) is 3. The molecule has 0 aliphatic heterocycles. The molecule has 0 spiro atoms. The molecule has 0 aliphatic carbocycles. The van der Waals surface area contributed by atoms with Gasteiger partial charge in [0.15, 0.2) is 0 Å². The van der Waals surface area contributed by atoms with Gasteiger partial charge >= 0.3 is 0 Å². The molecule has 3 N–H and O–H groups in total. The van der Waals surface area contributed by atoms with Crippen molar-refractivity contribution in [1.82, 2.24) is 13.9 Å². The molecule has 6 heteroatoms. The van der Waals surface area contributed by atoms with Crippen LogP contribution in [0.3, 0.4) is 0 Å². The van der Waals surface area contributed by atoms with E-state index in [2.05, 4.69) is 14.9 Å². The van der Waals surface area contributed by atoms with Gasteiger partial charge in [-0.3, -0.25) is 5.10 Å². The van der Waals surface area contributed by atoms with Crippen LogP contribution >= 0.6 is 23.3 Å². The van der Waals surface area contributed by atoms with E-state index >= 15 is 0 Å². The van der Waals surface area contributed by atoms with E-state index in [9.17, 15) is 0 Å². The summed E-state index contributed by atoms with van der Waals surface area (Å²) in [5.41, 5.74) is 0. The molecule has 10 heavy (non-hydrogen) atoms. The maximum Gasteiger partial charge on any atom is 0.134 e. The Kier molecular flexibility index (Phi) is 2.29. The van der Waals surface area contributed by atoms with Crippen molar-refractivity contribution in [2.45, 2.75) is 6.92 Å². The Morgan fingerprint density at radius 2 is 2.40 bits per heavy atom. The zero-order valence-electron chi connectivity index (χ0n) is 5.73. The number of rotatable bonds is 1. The molecule has 0 unspecified atom stereocenters. The lowest BCUT2D eigenvalue weighted by Gasteiger charge is -2.04. The molecule has 4 nitrogen and oxygen atoms in total. The molecule has 0 amide bonds. The molecular formula is C4H9ClN4S. The third kappa shape index (κ3) is 1.48. The molecule has 0 aromatic carbocycles. The Morgan fingerprint density at radius 3 is 2.90 bits per heavy atom. The van der Waals surface area contributed by atoms with Gasteiger partial charge in [0.25, 0.3) is 0 Å². The molecule has 58 valence electrons. The van der Waals surface area contributed by atoms with Crippen molar-refractivity contribution in [1.29, 1.82) is 0 Å². The number of H-pyrrole nitrogens is 2. The molecular weight excluding hydrogens is 172 g/mol. The zero-order valence-corrected chi connectivity index (χ0v) is 7.31. The van der Waals surface area contributed by atoms with Crippen LogP contribution in [0.2, 0.25) is 0 Å². The number of hydrogen-bond acceptors (Lipinski definition) is 2. The highest BCUT2D eigenvalue weighted by Crippen LogP contribution is 2.11. The highest BCUT2D eigenvalue weighted by Gasteiger charge is 1.93. The molecule has 0 atom stereocenters. The lowest BCUT2D eigenvalue weighted by atomic mass is 10.6. The van der Waals surface area contributed by atoms with Crippen LogP contribution in [0.5, 0.6) is 0 Å². The van der Waals surface area contributed by atoms with Gasteiger partial charge in [0, 0.05) is 7.05 Å². The van der Waals surface area contributed by atoms with Gasteiger partial charge in [-0.15, -0.1) is 4.32 Å². The van der Waals surface area contributed by atoms with E-state index in [-0.39, 0.29) is 0 Å². The molecule has 1 heterocycles. The summed E-state index contributed by atoms with van der Waals surface area (Å²) < 4.78 is 4.07. The van der Waals surface area contributed by atoms with Crippen molar-refractivity contribution in [2.24, 2.45) is 0 Å². The van der Waals surface area contributed by atoms with Crippen molar-refractivity contribution in [3.8, 4) is 0 Å². The quantitative estimate of drug-likeness (QED) is 0.605. The van der Waals surface area contributed by atoms with E-state index in [1.807, 2.05) is 14.0 Å². The SMILES string of the molecule is CNc1[nH]n(Cl)[nH]sc1C. The van der Waals surface area contributed by atoms with E-state index in [1.54, 1.807) is 0 Å². The second-order valence-corrected chi connectivity index (χ2v) is 3.10. The third-order valence-corrected chi connectivity index (χ3v) is 2.14. The Hall–Kier alpha value is -0.550. The standard InChI is InChI=1S/C4H9ClN4S/c1-3-4(6-2)7-9(5)8-10-3/h6-8H,1-2H3. The van der Waals surface area contributed by atoms with Gasteiger partial charge in [0.2, 0.25) is 0 Å². The Bertz CT molecular complexity index is 241. The second kappa shape index (κ2) is 3.03. The monoisotopic (exact) mass is 180 g/mol. The summed E-state index contributed by atoms with van der Waals surface area (Å²) in [5.74, 6) is 0.916. The number of aromatic amines is 2. The minimum atomic E-state index is 0.916. The predicted octanol–water partition coefficient (Wildman–Crippen LogP) is 1.68. The highest BCUT2D eigenvalue weighted by atomic mass is 35.5. The summed E-state index contributed by atoms with van der Waals surface area (Å²) in [6, 6.07) is 0. The lowest BCUT2D eigenvalue weighted by Crippen LogP contribution is -2.01. The number of aromatic nitrogens is 3. The van der Waals surface area contributed by atoms with E-state index in [0.717, 1.165) is 10.7 Å². The van der Waals surface area contributed by atoms with Crippen LogP contribution in [0.25, 0.3) is 0 Å². The molecule has 1 aromatic heterocycles. The molecule has 0 aliphatic rings. The molecule has 0 fully saturated rings. The first-order valence-electron chi connectivity index (χ1n) is 2.77. The normalized spacial score (nSPS) is 9.50. The van der Waals surface area contributed by atoms with Gasteiger partial charge in [-0.05, 0) is 18.5 Å². The summed E-state index contributed by atoms with van der Waals surface area (Å²) in [6.07, 6.45) is 0. The average Bonchev–Trinajstić information content (AvgIpc) is 1.94. The van der Waals surface area contributed by atoms with Gasteiger partial charge in [0.05, 0.1) is 16.7 Å². The fourth-order valence-corrected chi connectivity index (χ4v) is 1.29. The number of nitrogens with zero attached hydrogens (tertiary/aromatic N) is 1. The van der Waals surface area contributed by atoms with E-state index in [4.69, 9.17) is 11.8 Å². The van der Waals surface area contributed by atoms with Crippen LogP contribution in [0, 0.1) is 6.92 Å². The van der Waals surface area contributed by atoms with Gasteiger partial charge in [-0.25, -0.2) is 4.49 Å². The summed E-state index contributed by atoms with van der Waals surface area (Å²) >= 11 is 7.03. The van der Waals surface area contributed by atoms with Gasteiger partial charge < -0.3 is 5.32 Å². The van der Waals surface area contributed by atoms with Crippen LogP contribution in [0.1, 0.15) is 4.88 Å².